The van der Waals surface area contributed by atoms with Crippen LogP contribution in [0.25, 0.3) is 0 Å². The lowest BCUT2D eigenvalue weighted by molar-refractivity contribution is 0.557. The maximum atomic E-state index is 4.44. The molecule has 0 aliphatic rings. The predicted octanol–water partition coefficient (Wildman–Crippen LogP) is 3.63. The van der Waals surface area contributed by atoms with Gasteiger partial charge >= 0.3 is 0 Å². The molecule has 0 N–H and O–H groups in total. The molecular weight excluding hydrogens is 252 g/mol. The highest BCUT2D eigenvalue weighted by molar-refractivity contribution is 9.10. The van der Waals surface area contributed by atoms with Gasteiger partial charge in [0.2, 0.25) is 0 Å². The molecule has 1 heterocycles. The molecule has 0 saturated carbocycles. The van der Waals surface area contributed by atoms with Crippen molar-refractivity contribution in [2.24, 2.45) is 5.92 Å². The molecule has 15 heavy (non-hydrogen) atoms. The van der Waals surface area contributed by atoms with Crippen LogP contribution < -0.4 is 4.90 Å². The highest BCUT2D eigenvalue weighted by Crippen LogP contribution is 2.24. The summed E-state index contributed by atoms with van der Waals surface area (Å²) < 4.78 is 1.08. The van der Waals surface area contributed by atoms with Gasteiger partial charge in [-0.3, -0.25) is 0 Å². The Morgan fingerprint density at radius 1 is 1.53 bits per heavy atom. The van der Waals surface area contributed by atoms with Crippen LogP contribution in [0.5, 0.6) is 0 Å². The van der Waals surface area contributed by atoms with E-state index < -0.39 is 0 Å². The van der Waals surface area contributed by atoms with E-state index in [1.54, 1.807) is 0 Å². The quantitative estimate of drug-likeness (QED) is 0.831. The Bertz CT molecular complexity index is 325. The van der Waals surface area contributed by atoms with Crippen molar-refractivity contribution in [1.82, 2.24) is 4.98 Å². The summed E-state index contributed by atoms with van der Waals surface area (Å²) >= 11 is 3.56. The summed E-state index contributed by atoms with van der Waals surface area (Å²) in [5, 5.41) is 0. The molecule has 0 aromatic carbocycles. The molecule has 0 amide bonds. The van der Waals surface area contributed by atoms with E-state index in [1.807, 2.05) is 6.20 Å². The second-order valence-electron chi connectivity index (χ2n) is 4.21. The van der Waals surface area contributed by atoms with E-state index >= 15 is 0 Å². The molecule has 0 saturated heterocycles. The minimum atomic E-state index is 0.699. The van der Waals surface area contributed by atoms with Gasteiger partial charge in [0.25, 0.3) is 0 Å². The van der Waals surface area contributed by atoms with E-state index in [4.69, 9.17) is 0 Å². The van der Waals surface area contributed by atoms with Gasteiger partial charge in [-0.15, -0.1) is 0 Å². The summed E-state index contributed by atoms with van der Waals surface area (Å²) in [6.07, 6.45) is 3.11. The molecule has 1 atom stereocenters. The van der Waals surface area contributed by atoms with Gasteiger partial charge in [0.05, 0.1) is 4.47 Å². The van der Waals surface area contributed by atoms with Gasteiger partial charge in [-0.1, -0.05) is 20.3 Å². The average molecular weight is 271 g/mol. The third-order valence-electron chi connectivity index (χ3n) is 2.60. The first-order valence-electron chi connectivity index (χ1n) is 5.37. The summed E-state index contributed by atoms with van der Waals surface area (Å²) in [5.74, 6) is 1.73. The number of halogens is 1. The highest BCUT2D eigenvalue weighted by Gasteiger charge is 2.09. The minimum Gasteiger partial charge on any atom is -0.358 e. The Morgan fingerprint density at radius 2 is 2.20 bits per heavy atom. The summed E-state index contributed by atoms with van der Waals surface area (Å²) in [6.45, 7) is 7.58. The number of hydrogen-bond donors (Lipinski definition) is 0. The fraction of sp³-hybridized carbons (Fsp3) is 0.583. The summed E-state index contributed by atoms with van der Waals surface area (Å²) in [7, 11) is 2.09. The Morgan fingerprint density at radius 3 is 2.73 bits per heavy atom. The zero-order valence-electron chi connectivity index (χ0n) is 9.92. The maximum absolute atomic E-state index is 4.44. The van der Waals surface area contributed by atoms with Crippen molar-refractivity contribution in [2.75, 3.05) is 18.5 Å². The number of nitrogens with zero attached hydrogens (tertiary/aromatic N) is 2. The summed E-state index contributed by atoms with van der Waals surface area (Å²) in [5.41, 5.74) is 1.18. The zero-order valence-corrected chi connectivity index (χ0v) is 11.5. The van der Waals surface area contributed by atoms with Crippen molar-refractivity contribution in [2.45, 2.75) is 27.2 Å². The van der Waals surface area contributed by atoms with Crippen LogP contribution in [0, 0.1) is 12.8 Å². The lowest BCUT2D eigenvalue weighted by Crippen LogP contribution is -2.24. The third-order valence-corrected chi connectivity index (χ3v) is 3.19. The molecule has 3 heteroatoms. The largest absolute Gasteiger partial charge is 0.358 e. The first-order valence-corrected chi connectivity index (χ1v) is 6.17. The molecule has 2 nitrogen and oxygen atoms in total. The van der Waals surface area contributed by atoms with Crippen LogP contribution in [-0.2, 0) is 0 Å². The van der Waals surface area contributed by atoms with Crippen molar-refractivity contribution in [3.63, 3.8) is 0 Å². The van der Waals surface area contributed by atoms with E-state index in [2.05, 4.69) is 59.7 Å². The van der Waals surface area contributed by atoms with Crippen LogP contribution in [0.2, 0.25) is 0 Å². The third kappa shape index (κ3) is 3.49. The smallest absolute Gasteiger partial charge is 0.142 e. The molecular formula is C12H19BrN2. The van der Waals surface area contributed by atoms with E-state index in [0.717, 1.165) is 16.8 Å². The minimum absolute atomic E-state index is 0.699. The fourth-order valence-corrected chi connectivity index (χ4v) is 2.26. The molecule has 1 aromatic rings. The van der Waals surface area contributed by atoms with Crippen molar-refractivity contribution in [3.8, 4) is 0 Å². The topological polar surface area (TPSA) is 16.1 Å². The van der Waals surface area contributed by atoms with Crippen molar-refractivity contribution >= 4 is 21.7 Å². The van der Waals surface area contributed by atoms with Crippen molar-refractivity contribution < 1.29 is 0 Å². The average Bonchev–Trinajstić information content (AvgIpc) is 2.17. The number of hydrogen-bond acceptors (Lipinski definition) is 2. The first-order chi connectivity index (χ1) is 7.04. The molecule has 1 unspecified atom stereocenters. The normalized spacial score (nSPS) is 12.6. The fourth-order valence-electron chi connectivity index (χ4n) is 1.49. The van der Waals surface area contributed by atoms with E-state index in [-0.39, 0.29) is 0 Å². The molecule has 1 rings (SSSR count). The van der Waals surface area contributed by atoms with Crippen LogP contribution in [0.15, 0.2) is 16.7 Å². The highest BCUT2D eigenvalue weighted by atomic mass is 79.9. The Balaban J connectivity index is 2.77. The molecule has 0 fully saturated rings. The Hall–Kier alpha value is -0.570. The molecule has 1 aromatic heterocycles. The van der Waals surface area contributed by atoms with Crippen LogP contribution in [0.4, 0.5) is 5.82 Å². The molecule has 0 radical (unpaired) electrons. The van der Waals surface area contributed by atoms with Gasteiger partial charge < -0.3 is 4.90 Å². The van der Waals surface area contributed by atoms with Crippen LogP contribution in [0.3, 0.4) is 0 Å². The molecule has 0 bridgehead atoms. The number of rotatable bonds is 4. The second kappa shape index (κ2) is 5.50. The standard InChI is InChI=1S/C12H19BrN2/c1-5-9(2)8-15(4)12-11(13)6-10(3)7-14-12/h6-7,9H,5,8H2,1-4H3. The van der Waals surface area contributed by atoms with Crippen LogP contribution in [-0.4, -0.2) is 18.6 Å². The summed E-state index contributed by atoms with van der Waals surface area (Å²) in [6, 6.07) is 2.11. The first kappa shape index (κ1) is 12.5. The second-order valence-corrected chi connectivity index (χ2v) is 5.07. The van der Waals surface area contributed by atoms with E-state index in [1.165, 1.54) is 12.0 Å². The van der Waals surface area contributed by atoms with Crippen LogP contribution in [0.1, 0.15) is 25.8 Å². The monoisotopic (exact) mass is 270 g/mol. The molecule has 84 valence electrons. The SMILES string of the molecule is CCC(C)CN(C)c1ncc(C)cc1Br. The predicted molar refractivity (Wildman–Crippen MR) is 69.4 cm³/mol. The number of pyridine rings is 1. The zero-order chi connectivity index (χ0) is 11.4. The van der Waals surface area contributed by atoms with Crippen molar-refractivity contribution in [1.29, 1.82) is 0 Å². The van der Waals surface area contributed by atoms with Gasteiger partial charge in [0, 0.05) is 19.8 Å². The van der Waals surface area contributed by atoms with Gasteiger partial charge in [0.1, 0.15) is 5.82 Å². The Labute approximate surface area is 101 Å². The summed E-state index contributed by atoms with van der Waals surface area (Å²) in [4.78, 5) is 6.65. The molecule has 0 aliphatic heterocycles. The number of aromatic nitrogens is 1. The number of anilines is 1. The van der Waals surface area contributed by atoms with Crippen LogP contribution >= 0.6 is 15.9 Å². The van der Waals surface area contributed by atoms with Gasteiger partial charge in [-0.25, -0.2) is 4.98 Å². The lowest BCUT2D eigenvalue weighted by Gasteiger charge is -2.22. The van der Waals surface area contributed by atoms with E-state index in [0.29, 0.717) is 5.92 Å². The van der Waals surface area contributed by atoms with Crippen molar-refractivity contribution in [3.05, 3.63) is 22.3 Å². The van der Waals surface area contributed by atoms with Gasteiger partial charge in [-0.2, -0.15) is 0 Å². The maximum Gasteiger partial charge on any atom is 0.142 e. The molecule has 0 spiro atoms. The Kier molecular flexibility index (Phi) is 4.58. The van der Waals surface area contributed by atoms with Gasteiger partial charge in [-0.05, 0) is 40.4 Å². The number of aryl methyl sites for hydroxylation is 1. The lowest BCUT2D eigenvalue weighted by atomic mass is 10.1. The molecule has 0 aliphatic carbocycles. The van der Waals surface area contributed by atoms with Gasteiger partial charge in [0.15, 0.2) is 0 Å². The van der Waals surface area contributed by atoms with E-state index in [9.17, 15) is 0 Å².